The number of aromatic nitrogens is 2. The molecule has 244 valence electrons. The number of aromatic amines is 1. The molecule has 4 heterocycles. The molecule has 18 heteroatoms. The maximum Gasteiger partial charge on any atom is 0.459 e. The number of carbonyl (C=O) groups excluding carboxylic acids is 1. The highest BCUT2D eigenvalue weighted by molar-refractivity contribution is 7.54. The van der Waals surface area contributed by atoms with Crippen LogP contribution in [0.1, 0.15) is 31.6 Å². The molecule has 3 aliphatic heterocycles. The number of H-pyrrole nitrogens is 1. The van der Waals surface area contributed by atoms with Gasteiger partial charge in [0.2, 0.25) is 0 Å². The summed E-state index contributed by atoms with van der Waals surface area (Å²) in [6, 6.07) is 7.58. The largest absolute Gasteiger partial charge is 0.469 e. The molecule has 0 amide bonds. The maximum atomic E-state index is 13.7. The Hall–Kier alpha value is -3.09. The van der Waals surface area contributed by atoms with Crippen LogP contribution in [0.15, 0.2) is 46.1 Å². The van der Waals surface area contributed by atoms with Gasteiger partial charge in [-0.1, -0.05) is 30.0 Å². The molecular formula is C27H35N5O11P2. The number of aliphatic hydroxyl groups is 1. The topological polar surface area (TPSA) is 190 Å². The van der Waals surface area contributed by atoms with Crippen LogP contribution in [0.25, 0.3) is 0 Å². The minimum Gasteiger partial charge on any atom is -0.469 e. The first-order chi connectivity index (χ1) is 21.5. The summed E-state index contributed by atoms with van der Waals surface area (Å²) in [6.07, 6.45) is -2.15. The van der Waals surface area contributed by atoms with Gasteiger partial charge < -0.3 is 19.1 Å². The zero-order chi connectivity index (χ0) is 32.2. The number of rotatable bonds is 14. The van der Waals surface area contributed by atoms with Crippen molar-refractivity contribution >= 4 is 21.4 Å². The third-order valence-corrected chi connectivity index (χ3v) is 11.4. The van der Waals surface area contributed by atoms with Crippen molar-refractivity contribution in [1.82, 2.24) is 24.0 Å². The lowest BCUT2D eigenvalue weighted by atomic mass is 10.2. The van der Waals surface area contributed by atoms with Crippen LogP contribution < -0.4 is 20.9 Å². The predicted octanol–water partition coefficient (Wildman–Crippen LogP) is 1.04. The monoisotopic (exact) mass is 667 g/mol. The van der Waals surface area contributed by atoms with E-state index in [4.69, 9.17) is 18.3 Å². The number of hydrogen-bond donors (Lipinski definition) is 3. The Morgan fingerprint density at radius 1 is 1.16 bits per heavy atom. The summed E-state index contributed by atoms with van der Waals surface area (Å²) in [7, 11) is -5.94. The smallest absolute Gasteiger partial charge is 0.459 e. The van der Waals surface area contributed by atoms with E-state index in [1.54, 1.807) is 46.6 Å². The highest BCUT2D eigenvalue weighted by Crippen LogP contribution is 2.60. The first-order valence-electron chi connectivity index (χ1n) is 14.3. The van der Waals surface area contributed by atoms with E-state index < -0.39 is 63.7 Å². The van der Waals surface area contributed by atoms with E-state index in [9.17, 15) is 28.6 Å². The van der Waals surface area contributed by atoms with Crippen LogP contribution in [-0.2, 0) is 32.4 Å². The van der Waals surface area contributed by atoms with Crippen LogP contribution in [0.4, 0.5) is 0 Å². The number of benzene rings is 1. The number of para-hydroxylation sites is 1. The van der Waals surface area contributed by atoms with Gasteiger partial charge in [0.05, 0.1) is 26.2 Å². The number of carbonyl (C=O) groups is 1. The molecule has 16 nitrogen and oxygen atoms in total. The minimum atomic E-state index is -4.11. The lowest BCUT2D eigenvalue weighted by Crippen LogP contribution is -2.34. The summed E-state index contributed by atoms with van der Waals surface area (Å²) in [5.41, 5.74) is -1.58. The van der Waals surface area contributed by atoms with Crippen molar-refractivity contribution in [3.8, 4) is 17.6 Å². The van der Waals surface area contributed by atoms with E-state index in [2.05, 4.69) is 26.6 Å². The predicted molar refractivity (Wildman–Crippen MR) is 159 cm³/mol. The van der Waals surface area contributed by atoms with E-state index in [0.29, 0.717) is 26.2 Å². The number of aliphatic hydroxyl groups excluding tert-OH is 1. The van der Waals surface area contributed by atoms with Gasteiger partial charge in [-0.25, -0.2) is 23.8 Å². The molecular weight excluding hydrogens is 632 g/mol. The Morgan fingerprint density at radius 2 is 1.84 bits per heavy atom. The normalized spacial score (nSPS) is 23.4. The first-order valence-corrected chi connectivity index (χ1v) is 17.3. The van der Waals surface area contributed by atoms with Crippen LogP contribution in [0.2, 0.25) is 0 Å². The summed E-state index contributed by atoms with van der Waals surface area (Å²) in [4.78, 5) is 39.0. The molecule has 2 aromatic rings. The molecule has 0 saturated carbocycles. The molecule has 3 saturated heterocycles. The maximum absolute atomic E-state index is 13.7. The van der Waals surface area contributed by atoms with Crippen molar-refractivity contribution in [2.45, 2.75) is 44.2 Å². The number of nitrogens with one attached hydrogen (secondary N) is 2. The standard InChI is InChI=1S/C27H35N5O11P2/c1-19(15-25(34)39-2)29-44(37,43-21-8-4-3-5-9-21)41-18-23-22(33)16-24(42-23)32-17-20(26(35)28-27(32)36)7-6-14-40-45(38,30-10-11-30)31-12-13-31/h3-5,8-9,17,19,22-24,33H,10-16,18H2,1-2H3,(H,29,37)(H,28,35,36)/t19-,22-,23+,24+,44?/m0/s1. The SMILES string of the molecule is COC(=O)C[C@H](C)NP(=O)(OC[C@H]1O[C@@H](n2cc(C#CCOP(=O)(N3CC3)N3CC3)c(=O)[nH]c2=O)C[C@@H]1O)Oc1ccccc1. The zero-order valence-electron chi connectivity index (χ0n) is 24.7. The summed E-state index contributed by atoms with van der Waals surface area (Å²) in [5.74, 6) is 5.03. The molecule has 0 bridgehead atoms. The molecule has 0 radical (unpaired) electrons. The average molecular weight is 668 g/mol. The Kier molecular flexibility index (Phi) is 10.4. The molecule has 1 aromatic carbocycles. The number of ether oxygens (including phenoxy) is 2. The van der Waals surface area contributed by atoms with E-state index in [-0.39, 0.29) is 30.8 Å². The van der Waals surface area contributed by atoms with E-state index in [1.807, 2.05) is 0 Å². The van der Waals surface area contributed by atoms with Gasteiger partial charge in [-0.3, -0.25) is 32.8 Å². The molecule has 1 aromatic heterocycles. The van der Waals surface area contributed by atoms with Gasteiger partial charge in [0, 0.05) is 44.8 Å². The third kappa shape index (κ3) is 8.59. The van der Waals surface area contributed by atoms with Gasteiger partial charge in [0.25, 0.3) is 5.56 Å². The number of nitrogens with zero attached hydrogens (tertiary/aromatic N) is 3. The number of esters is 1. The lowest BCUT2D eigenvalue weighted by Gasteiger charge is -2.25. The van der Waals surface area contributed by atoms with Crippen molar-refractivity contribution < 1.29 is 42.1 Å². The third-order valence-electron chi connectivity index (χ3n) is 7.03. The molecule has 5 rings (SSSR count). The van der Waals surface area contributed by atoms with Gasteiger partial charge in [0.15, 0.2) is 0 Å². The molecule has 3 fully saturated rings. The molecule has 3 aliphatic rings. The summed E-state index contributed by atoms with van der Waals surface area (Å²) in [5, 5.41) is 13.4. The molecule has 0 spiro atoms. The van der Waals surface area contributed by atoms with Crippen molar-refractivity contribution in [1.29, 1.82) is 0 Å². The minimum absolute atomic E-state index is 0.0547. The second-order valence-corrected chi connectivity index (χ2v) is 14.7. The molecule has 45 heavy (non-hydrogen) atoms. The highest BCUT2D eigenvalue weighted by Gasteiger charge is 2.49. The van der Waals surface area contributed by atoms with Gasteiger partial charge in [-0.05, 0) is 19.1 Å². The van der Waals surface area contributed by atoms with Crippen LogP contribution >= 0.6 is 15.4 Å². The average Bonchev–Trinajstić information content (AvgIpc) is 3.92. The van der Waals surface area contributed by atoms with E-state index in [0.717, 1.165) is 4.57 Å². The van der Waals surface area contributed by atoms with Crippen molar-refractivity contribution in [3.63, 3.8) is 0 Å². The first kappa shape index (κ1) is 33.3. The molecule has 0 aliphatic carbocycles. The number of methoxy groups -OCH3 is 1. The fourth-order valence-corrected chi connectivity index (χ4v) is 8.20. The summed E-state index contributed by atoms with van der Waals surface area (Å²) in [6.45, 7) is 3.76. The Labute approximate surface area is 258 Å². The van der Waals surface area contributed by atoms with Crippen molar-refractivity contribution in [2.75, 3.05) is 46.5 Å². The van der Waals surface area contributed by atoms with Crippen LogP contribution in [0.5, 0.6) is 5.75 Å². The fraction of sp³-hybridized carbons (Fsp3) is 0.519. The second-order valence-electron chi connectivity index (χ2n) is 10.6. The number of hydrogen-bond acceptors (Lipinski definition) is 11. The van der Waals surface area contributed by atoms with Crippen LogP contribution in [-0.4, -0.2) is 94.7 Å². The quantitative estimate of drug-likeness (QED) is 0.112. The van der Waals surface area contributed by atoms with Crippen LogP contribution in [0, 0.1) is 11.8 Å². The van der Waals surface area contributed by atoms with Crippen molar-refractivity contribution in [2.24, 2.45) is 0 Å². The van der Waals surface area contributed by atoms with Crippen LogP contribution in [0.3, 0.4) is 0 Å². The van der Waals surface area contributed by atoms with Gasteiger partial charge in [-0.2, -0.15) is 0 Å². The van der Waals surface area contributed by atoms with Crippen molar-refractivity contribution in [3.05, 3.63) is 62.9 Å². The second kappa shape index (κ2) is 14.1. The van der Waals surface area contributed by atoms with Gasteiger partial charge in [-0.15, -0.1) is 0 Å². The highest BCUT2D eigenvalue weighted by atomic mass is 31.2. The lowest BCUT2D eigenvalue weighted by molar-refractivity contribution is -0.141. The molecule has 3 N–H and O–H groups in total. The van der Waals surface area contributed by atoms with Gasteiger partial charge in [0.1, 0.15) is 30.3 Å². The Bertz CT molecular complexity index is 1630. The fourth-order valence-electron chi connectivity index (χ4n) is 4.54. The summed E-state index contributed by atoms with van der Waals surface area (Å²) < 4.78 is 58.7. The van der Waals surface area contributed by atoms with Gasteiger partial charge >= 0.3 is 27.1 Å². The van der Waals surface area contributed by atoms with E-state index >= 15 is 0 Å². The molecule has 5 atom stereocenters. The Balaban J connectivity index is 1.24. The van der Waals surface area contributed by atoms with E-state index in [1.165, 1.54) is 13.3 Å². The molecule has 1 unspecified atom stereocenters. The zero-order valence-corrected chi connectivity index (χ0v) is 26.5. The summed E-state index contributed by atoms with van der Waals surface area (Å²) >= 11 is 0. The Morgan fingerprint density at radius 3 is 2.49 bits per heavy atom.